The molecule has 2 aromatic carbocycles. The van der Waals surface area contributed by atoms with Crippen LogP contribution in [0.15, 0.2) is 48.0 Å². The number of fused-ring (bicyclic) bond motifs is 7. The van der Waals surface area contributed by atoms with E-state index in [1.54, 1.807) is 11.3 Å². The number of carbonyl (C=O) groups is 1. The molecule has 5 aliphatic rings. The van der Waals surface area contributed by atoms with Crippen molar-refractivity contribution in [2.45, 2.75) is 30.9 Å². The van der Waals surface area contributed by atoms with E-state index < -0.39 is 0 Å². The quantitative estimate of drug-likeness (QED) is 0.451. The molecule has 2 bridgehead atoms. The lowest BCUT2D eigenvalue weighted by Gasteiger charge is -2.44. The summed E-state index contributed by atoms with van der Waals surface area (Å²) in [4.78, 5) is 20.8. The molecule has 1 amide bonds. The molecule has 3 atom stereocenters. The third-order valence-corrected chi connectivity index (χ3v) is 9.17. The minimum atomic E-state index is -0.336. The molecule has 3 aromatic rings. The zero-order chi connectivity index (χ0) is 20.6. The number of piperidine rings is 3. The van der Waals surface area contributed by atoms with Crippen molar-refractivity contribution in [3.8, 4) is 0 Å². The summed E-state index contributed by atoms with van der Waals surface area (Å²) in [7, 11) is 0. The highest BCUT2D eigenvalue weighted by Crippen LogP contribution is 2.60. The van der Waals surface area contributed by atoms with Crippen LogP contribution in [0.5, 0.6) is 0 Å². The smallest absolute Gasteiger partial charge is 0.415 e. The number of aromatic nitrogens is 1. The Balaban J connectivity index is 1.30. The first-order valence-electron chi connectivity index (χ1n) is 11.4. The Labute approximate surface area is 185 Å². The van der Waals surface area contributed by atoms with Crippen molar-refractivity contribution in [2.24, 2.45) is 5.92 Å². The van der Waals surface area contributed by atoms with E-state index in [9.17, 15) is 4.79 Å². The number of hydrogen-bond acceptors (Lipinski definition) is 5. The van der Waals surface area contributed by atoms with Crippen LogP contribution in [0.4, 0.5) is 4.79 Å². The normalized spacial score (nSPS) is 35.4. The molecule has 4 saturated heterocycles. The van der Waals surface area contributed by atoms with Gasteiger partial charge in [0, 0.05) is 24.1 Å². The number of amides is 1. The number of quaternary nitrogens is 1. The molecule has 0 radical (unpaired) electrons. The number of thiazole rings is 1. The lowest BCUT2D eigenvalue weighted by molar-refractivity contribution is -0.758. The van der Waals surface area contributed by atoms with Gasteiger partial charge in [-0.05, 0) is 49.5 Å². The molecule has 6 heterocycles. The molecule has 0 aliphatic carbocycles. The molecule has 158 valence electrons. The standard InChI is InChI=1S/C25H26N3O2S/c29-24(30-22-14-27-10-7-18(22)8-11-27)28-12-9-17-3-1-2-4-20(17)25(28,15-28)19-5-6-23-21(13-19)26-16-31-23/h1-6,13,16,18,22H,7-12,14-15H2/q+1/t22-,25-,28?/m1/s1. The van der Waals surface area contributed by atoms with Crippen molar-refractivity contribution in [1.82, 2.24) is 9.88 Å². The third kappa shape index (κ3) is 2.44. The molecule has 5 aliphatic heterocycles. The summed E-state index contributed by atoms with van der Waals surface area (Å²) in [6.07, 6.45) is 3.27. The van der Waals surface area contributed by atoms with Crippen molar-refractivity contribution in [3.63, 3.8) is 0 Å². The highest BCUT2D eigenvalue weighted by Gasteiger charge is 2.79. The predicted molar refractivity (Wildman–Crippen MR) is 120 cm³/mol. The zero-order valence-electron chi connectivity index (χ0n) is 17.5. The molecule has 4 fully saturated rings. The maximum absolute atomic E-state index is 13.8. The average molecular weight is 433 g/mol. The molecule has 0 N–H and O–H groups in total. The Kier molecular flexibility index (Phi) is 3.76. The minimum Gasteiger partial charge on any atom is -0.415 e. The van der Waals surface area contributed by atoms with Crippen LogP contribution < -0.4 is 0 Å². The summed E-state index contributed by atoms with van der Waals surface area (Å²) < 4.78 is 7.92. The fourth-order valence-electron chi connectivity index (χ4n) is 6.59. The largest absolute Gasteiger partial charge is 0.517 e. The second-order valence-electron chi connectivity index (χ2n) is 9.71. The lowest BCUT2D eigenvalue weighted by atomic mass is 9.83. The molecule has 5 nitrogen and oxygen atoms in total. The molecular formula is C25H26N3O2S+. The number of hydrogen-bond donors (Lipinski definition) is 0. The zero-order valence-corrected chi connectivity index (χ0v) is 18.3. The van der Waals surface area contributed by atoms with E-state index in [0.29, 0.717) is 10.4 Å². The Hall–Kier alpha value is -2.28. The minimum absolute atomic E-state index is 0.0216. The van der Waals surface area contributed by atoms with Gasteiger partial charge in [-0.3, -0.25) is 4.90 Å². The highest BCUT2D eigenvalue weighted by molar-refractivity contribution is 7.16. The number of carbonyl (C=O) groups excluding carboxylic acids is 1. The molecule has 0 spiro atoms. The number of ether oxygens (including phenoxy) is 1. The summed E-state index contributed by atoms with van der Waals surface area (Å²) in [6.45, 7) is 4.82. The van der Waals surface area contributed by atoms with E-state index >= 15 is 0 Å². The van der Waals surface area contributed by atoms with Crippen molar-refractivity contribution in [3.05, 3.63) is 64.7 Å². The summed E-state index contributed by atoms with van der Waals surface area (Å²) in [5, 5.41) is 0. The van der Waals surface area contributed by atoms with Crippen molar-refractivity contribution in [2.75, 3.05) is 32.7 Å². The van der Waals surface area contributed by atoms with Gasteiger partial charge in [0.1, 0.15) is 6.10 Å². The van der Waals surface area contributed by atoms with Gasteiger partial charge < -0.3 is 4.74 Å². The Morgan fingerprint density at radius 3 is 2.90 bits per heavy atom. The number of rotatable bonds is 2. The highest BCUT2D eigenvalue weighted by atomic mass is 32.1. The van der Waals surface area contributed by atoms with Gasteiger partial charge in [0.05, 0.1) is 22.3 Å². The van der Waals surface area contributed by atoms with Crippen molar-refractivity contribution >= 4 is 27.6 Å². The summed E-state index contributed by atoms with van der Waals surface area (Å²) in [6, 6.07) is 15.3. The van der Waals surface area contributed by atoms with Gasteiger partial charge >= 0.3 is 6.09 Å². The first-order chi connectivity index (χ1) is 15.2. The van der Waals surface area contributed by atoms with Crippen LogP contribution in [0.3, 0.4) is 0 Å². The van der Waals surface area contributed by atoms with Gasteiger partial charge in [0.15, 0.2) is 6.54 Å². The van der Waals surface area contributed by atoms with Crippen LogP contribution in [0, 0.1) is 5.92 Å². The van der Waals surface area contributed by atoms with Crippen LogP contribution in [0.1, 0.15) is 29.5 Å². The van der Waals surface area contributed by atoms with E-state index in [0.717, 1.165) is 57.5 Å². The van der Waals surface area contributed by atoms with Crippen molar-refractivity contribution in [1.29, 1.82) is 0 Å². The maximum atomic E-state index is 13.8. The molecule has 8 rings (SSSR count). The number of benzene rings is 2. The molecule has 31 heavy (non-hydrogen) atoms. The molecule has 1 unspecified atom stereocenters. The van der Waals surface area contributed by atoms with Crippen LogP contribution >= 0.6 is 11.3 Å². The summed E-state index contributed by atoms with van der Waals surface area (Å²) in [5.74, 6) is 0.532. The maximum Gasteiger partial charge on any atom is 0.517 e. The summed E-state index contributed by atoms with van der Waals surface area (Å²) >= 11 is 1.66. The SMILES string of the molecule is O=C(O[C@@H]1CN2CCC1CC2)[N+]12CCc3ccccc3[C@]1(c1ccc3scnc3c1)C2. The van der Waals surface area contributed by atoms with Gasteiger partial charge in [-0.15, -0.1) is 11.3 Å². The van der Waals surface area contributed by atoms with Crippen LogP contribution in [0.25, 0.3) is 10.2 Å². The monoisotopic (exact) mass is 432 g/mol. The topological polar surface area (TPSA) is 42.4 Å². The van der Waals surface area contributed by atoms with Gasteiger partial charge in [-0.1, -0.05) is 30.3 Å². The fraction of sp³-hybridized carbons (Fsp3) is 0.440. The Morgan fingerprint density at radius 1 is 1.19 bits per heavy atom. The summed E-state index contributed by atoms with van der Waals surface area (Å²) in [5.41, 5.74) is 6.44. The van der Waals surface area contributed by atoms with Gasteiger partial charge in [-0.2, -0.15) is 9.28 Å². The second kappa shape index (κ2) is 6.37. The van der Waals surface area contributed by atoms with E-state index in [2.05, 4.69) is 52.3 Å². The van der Waals surface area contributed by atoms with E-state index in [1.807, 2.05) is 5.51 Å². The van der Waals surface area contributed by atoms with Crippen LogP contribution in [-0.4, -0.2) is 59.3 Å². The van der Waals surface area contributed by atoms with Crippen LogP contribution in [0.2, 0.25) is 0 Å². The first kappa shape index (κ1) is 18.3. The molecule has 6 heteroatoms. The van der Waals surface area contributed by atoms with Gasteiger partial charge in [0.25, 0.3) is 0 Å². The Bertz CT molecular complexity index is 1200. The van der Waals surface area contributed by atoms with Gasteiger partial charge in [0.2, 0.25) is 5.54 Å². The Morgan fingerprint density at radius 2 is 2.06 bits per heavy atom. The van der Waals surface area contributed by atoms with E-state index in [-0.39, 0.29) is 17.7 Å². The fourth-order valence-corrected chi connectivity index (χ4v) is 7.25. The average Bonchev–Trinajstić information content (AvgIpc) is 3.34. The predicted octanol–water partition coefficient (Wildman–Crippen LogP) is 4.16. The van der Waals surface area contributed by atoms with Crippen LogP contribution in [-0.2, 0) is 16.7 Å². The molecule has 0 saturated carbocycles. The molecule has 1 aromatic heterocycles. The lowest BCUT2D eigenvalue weighted by Crippen LogP contribution is -2.54. The third-order valence-electron chi connectivity index (χ3n) is 8.36. The van der Waals surface area contributed by atoms with Crippen molar-refractivity contribution < 1.29 is 14.0 Å². The van der Waals surface area contributed by atoms with Gasteiger partial charge in [-0.25, -0.2) is 4.98 Å². The molecular weight excluding hydrogens is 406 g/mol. The van der Waals surface area contributed by atoms with E-state index in [1.165, 1.54) is 21.4 Å². The number of nitrogens with zero attached hydrogens (tertiary/aromatic N) is 3. The second-order valence-corrected chi connectivity index (χ2v) is 10.6. The van der Waals surface area contributed by atoms with E-state index in [4.69, 9.17) is 4.74 Å². The first-order valence-corrected chi connectivity index (χ1v) is 12.3.